The molecule has 0 aliphatic carbocycles. The molecule has 1 atom stereocenters. The van der Waals surface area contributed by atoms with Gasteiger partial charge in [-0.3, -0.25) is 0 Å². The van der Waals surface area contributed by atoms with Crippen molar-refractivity contribution in [3.63, 3.8) is 0 Å². The Kier molecular flexibility index (Phi) is 5.28. The van der Waals surface area contributed by atoms with Gasteiger partial charge < -0.3 is 5.11 Å². The fraction of sp³-hybridized carbons (Fsp3) is 0.500. The maximum Gasteiger partial charge on any atom is 0.345 e. The molecule has 0 aromatic carbocycles. The van der Waals surface area contributed by atoms with E-state index in [0.717, 1.165) is 11.3 Å². The lowest BCUT2D eigenvalue weighted by Gasteiger charge is -2.21. The van der Waals surface area contributed by atoms with Crippen molar-refractivity contribution < 1.29 is 18.3 Å². The number of carboxylic acids is 1. The predicted octanol–water partition coefficient (Wildman–Crippen LogP) is 1.93. The molecule has 0 fully saturated rings. The first-order chi connectivity index (χ1) is 9.23. The van der Waals surface area contributed by atoms with Gasteiger partial charge in [0.25, 0.3) is 0 Å². The predicted molar refractivity (Wildman–Crippen MR) is 75.2 cm³/mol. The van der Waals surface area contributed by atoms with Crippen LogP contribution in [0, 0.1) is 24.2 Å². The fourth-order valence-corrected chi connectivity index (χ4v) is 4.65. The van der Waals surface area contributed by atoms with Gasteiger partial charge in [-0.05, 0) is 19.9 Å². The Bertz CT molecular complexity index is 643. The van der Waals surface area contributed by atoms with Gasteiger partial charge in [-0.15, -0.1) is 11.3 Å². The normalized spacial score (nSPS) is 13.2. The first kappa shape index (κ1) is 16.6. The molecule has 1 rings (SSSR count). The van der Waals surface area contributed by atoms with E-state index in [0.29, 0.717) is 4.88 Å². The Morgan fingerprint density at radius 3 is 2.60 bits per heavy atom. The SMILES string of the molecule is CCN(CC(C)C#N)S(=O)(=O)c1cc(C(=O)O)sc1C. The summed E-state index contributed by atoms with van der Waals surface area (Å²) in [6, 6.07) is 3.17. The summed E-state index contributed by atoms with van der Waals surface area (Å²) in [5.41, 5.74) is 0. The van der Waals surface area contributed by atoms with E-state index in [-0.39, 0.29) is 22.9 Å². The van der Waals surface area contributed by atoms with Crippen LogP contribution in [0.3, 0.4) is 0 Å². The molecule has 1 heterocycles. The Hall–Kier alpha value is -1.43. The third-order valence-corrected chi connectivity index (χ3v) is 5.99. The van der Waals surface area contributed by atoms with Crippen LogP contribution < -0.4 is 0 Å². The summed E-state index contributed by atoms with van der Waals surface area (Å²) in [5, 5.41) is 17.7. The van der Waals surface area contributed by atoms with Gasteiger partial charge in [0.1, 0.15) is 4.88 Å². The van der Waals surface area contributed by atoms with E-state index in [2.05, 4.69) is 0 Å². The van der Waals surface area contributed by atoms with Gasteiger partial charge in [0.2, 0.25) is 10.0 Å². The average molecular weight is 316 g/mol. The molecule has 0 amide bonds. The highest BCUT2D eigenvalue weighted by molar-refractivity contribution is 7.89. The van der Waals surface area contributed by atoms with Crippen LogP contribution in [0.4, 0.5) is 0 Å². The summed E-state index contributed by atoms with van der Waals surface area (Å²) in [6.07, 6.45) is 0. The molecule has 20 heavy (non-hydrogen) atoms. The minimum atomic E-state index is -3.77. The van der Waals surface area contributed by atoms with Gasteiger partial charge in [0.05, 0.1) is 16.9 Å². The molecule has 0 radical (unpaired) electrons. The molecule has 0 saturated heterocycles. The van der Waals surface area contributed by atoms with E-state index in [1.54, 1.807) is 20.8 Å². The molecular formula is C12H16N2O4S2. The van der Waals surface area contributed by atoms with Crippen LogP contribution in [0.2, 0.25) is 0 Å². The number of nitriles is 1. The van der Waals surface area contributed by atoms with Crippen LogP contribution in [0.25, 0.3) is 0 Å². The van der Waals surface area contributed by atoms with E-state index in [1.165, 1.54) is 10.4 Å². The van der Waals surface area contributed by atoms with Crippen molar-refractivity contribution in [2.24, 2.45) is 5.92 Å². The molecule has 8 heteroatoms. The number of thiophene rings is 1. The minimum absolute atomic E-state index is 0.00638. The molecular weight excluding hydrogens is 300 g/mol. The van der Waals surface area contributed by atoms with Gasteiger partial charge in [-0.2, -0.15) is 9.57 Å². The van der Waals surface area contributed by atoms with Gasteiger partial charge >= 0.3 is 5.97 Å². The average Bonchev–Trinajstić information content (AvgIpc) is 2.78. The molecule has 0 saturated carbocycles. The van der Waals surface area contributed by atoms with Crippen LogP contribution in [0.15, 0.2) is 11.0 Å². The van der Waals surface area contributed by atoms with Crippen molar-refractivity contribution in [3.8, 4) is 6.07 Å². The lowest BCUT2D eigenvalue weighted by molar-refractivity contribution is 0.0702. The number of carboxylic acid groups (broad SMARTS) is 1. The van der Waals surface area contributed by atoms with Crippen molar-refractivity contribution >= 4 is 27.3 Å². The quantitative estimate of drug-likeness (QED) is 0.864. The zero-order chi connectivity index (χ0) is 15.5. The van der Waals surface area contributed by atoms with Crippen LogP contribution in [0.5, 0.6) is 0 Å². The van der Waals surface area contributed by atoms with Crippen molar-refractivity contribution in [1.82, 2.24) is 4.31 Å². The highest BCUT2D eigenvalue weighted by atomic mass is 32.2. The number of nitrogens with zero attached hydrogens (tertiary/aromatic N) is 2. The second-order valence-electron chi connectivity index (χ2n) is 4.32. The number of hydrogen-bond acceptors (Lipinski definition) is 5. The van der Waals surface area contributed by atoms with Crippen LogP contribution >= 0.6 is 11.3 Å². The van der Waals surface area contributed by atoms with E-state index in [4.69, 9.17) is 10.4 Å². The largest absolute Gasteiger partial charge is 0.477 e. The topological polar surface area (TPSA) is 98.5 Å². The molecule has 0 spiro atoms. The summed E-state index contributed by atoms with van der Waals surface area (Å²) in [6.45, 7) is 5.22. The summed E-state index contributed by atoms with van der Waals surface area (Å²) < 4.78 is 26.2. The monoisotopic (exact) mass is 316 g/mol. The van der Waals surface area contributed by atoms with Crippen LogP contribution in [0.1, 0.15) is 28.4 Å². The Balaban J connectivity index is 3.21. The smallest absolute Gasteiger partial charge is 0.345 e. The molecule has 110 valence electrons. The maximum atomic E-state index is 12.5. The standard InChI is InChI=1S/C12H16N2O4S2/c1-4-14(7-8(2)6-13)20(17,18)11-5-10(12(15)16)19-9(11)3/h5,8H,4,7H2,1-3H3,(H,15,16). The molecule has 6 nitrogen and oxygen atoms in total. The number of aryl methyl sites for hydroxylation is 1. The van der Waals surface area contributed by atoms with Crippen LogP contribution in [-0.2, 0) is 10.0 Å². The number of sulfonamides is 1. The van der Waals surface area contributed by atoms with Gasteiger partial charge in [-0.25, -0.2) is 13.2 Å². The zero-order valence-corrected chi connectivity index (χ0v) is 13.1. The first-order valence-electron chi connectivity index (χ1n) is 5.97. The molecule has 0 bridgehead atoms. The number of rotatable bonds is 6. The molecule has 1 N–H and O–H groups in total. The number of aromatic carboxylic acids is 1. The summed E-state index contributed by atoms with van der Waals surface area (Å²) in [4.78, 5) is 11.3. The van der Waals surface area contributed by atoms with E-state index in [1.807, 2.05) is 6.07 Å². The van der Waals surface area contributed by atoms with Crippen molar-refractivity contribution in [1.29, 1.82) is 5.26 Å². The van der Waals surface area contributed by atoms with Crippen molar-refractivity contribution in [2.45, 2.75) is 25.7 Å². The van der Waals surface area contributed by atoms with Crippen LogP contribution in [-0.4, -0.2) is 36.9 Å². The van der Waals surface area contributed by atoms with Crippen molar-refractivity contribution in [3.05, 3.63) is 15.8 Å². The fourth-order valence-electron chi connectivity index (χ4n) is 1.71. The molecule has 0 aliphatic heterocycles. The Morgan fingerprint density at radius 2 is 2.20 bits per heavy atom. The van der Waals surface area contributed by atoms with Gasteiger partial charge in [0.15, 0.2) is 0 Å². The highest BCUT2D eigenvalue weighted by Crippen LogP contribution is 2.28. The van der Waals surface area contributed by atoms with Gasteiger partial charge in [0, 0.05) is 18.0 Å². The van der Waals surface area contributed by atoms with E-state index in [9.17, 15) is 13.2 Å². The molecule has 0 aliphatic rings. The first-order valence-corrected chi connectivity index (χ1v) is 8.23. The zero-order valence-electron chi connectivity index (χ0n) is 11.5. The third-order valence-electron chi connectivity index (χ3n) is 2.75. The minimum Gasteiger partial charge on any atom is -0.477 e. The molecule has 1 unspecified atom stereocenters. The van der Waals surface area contributed by atoms with E-state index >= 15 is 0 Å². The lowest BCUT2D eigenvalue weighted by Crippen LogP contribution is -2.34. The Labute approximate surface area is 122 Å². The second-order valence-corrected chi connectivity index (χ2v) is 7.48. The van der Waals surface area contributed by atoms with Crippen molar-refractivity contribution in [2.75, 3.05) is 13.1 Å². The lowest BCUT2D eigenvalue weighted by atomic mass is 10.2. The summed E-state index contributed by atoms with van der Waals surface area (Å²) in [7, 11) is -3.77. The molecule has 1 aromatic heterocycles. The third kappa shape index (κ3) is 3.36. The van der Waals surface area contributed by atoms with E-state index < -0.39 is 21.9 Å². The van der Waals surface area contributed by atoms with Gasteiger partial charge in [-0.1, -0.05) is 6.92 Å². The number of carbonyl (C=O) groups is 1. The second kappa shape index (κ2) is 6.35. The Morgan fingerprint density at radius 1 is 1.60 bits per heavy atom. The number of hydrogen-bond donors (Lipinski definition) is 1. The summed E-state index contributed by atoms with van der Waals surface area (Å²) >= 11 is 0.931. The molecule has 1 aromatic rings. The summed E-state index contributed by atoms with van der Waals surface area (Å²) in [5.74, 6) is -1.57. The maximum absolute atomic E-state index is 12.5. The highest BCUT2D eigenvalue weighted by Gasteiger charge is 2.28.